The molecule has 0 aromatic carbocycles. The van der Waals surface area contributed by atoms with E-state index in [9.17, 15) is 0 Å². The van der Waals surface area contributed by atoms with Gasteiger partial charge in [0.15, 0.2) is 0 Å². The zero-order chi connectivity index (χ0) is 11.3. The molecule has 0 aliphatic carbocycles. The Morgan fingerprint density at radius 1 is 1.47 bits per heavy atom. The van der Waals surface area contributed by atoms with Crippen molar-refractivity contribution in [1.82, 2.24) is 14.8 Å². The molecule has 0 fully saturated rings. The lowest BCUT2D eigenvalue weighted by molar-refractivity contribution is 0.514. The number of thioether (sulfide) groups is 1. The molecule has 0 saturated heterocycles. The van der Waals surface area contributed by atoms with E-state index in [1.54, 1.807) is 6.33 Å². The summed E-state index contributed by atoms with van der Waals surface area (Å²) in [5.74, 6) is 4.33. The monoisotopic (exact) mass is 247 g/mol. The molecule has 0 saturated carbocycles. The molecule has 0 radical (unpaired) electrons. The molecule has 0 bridgehead atoms. The average Bonchev–Trinajstić information content (AvgIpc) is 2.65. The first-order valence-corrected chi connectivity index (χ1v) is 6.86. The van der Waals surface area contributed by atoms with Crippen molar-refractivity contribution in [1.29, 1.82) is 0 Å². The van der Waals surface area contributed by atoms with E-state index in [-0.39, 0.29) is 0 Å². The Bertz CT molecular complexity index is 288. The van der Waals surface area contributed by atoms with Gasteiger partial charge >= 0.3 is 0 Å². The van der Waals surface area contributed by atoms with Gasteiger partial charge in [0.25, 0.3) is 0 Å². The van der Waals surface area contributed by atoms with E-state index in [0.29, 0.717) is 12.0 Å². The summed E-state index contributed by atoms with van der Waals surface area (Å²) in [6, 6.07) is 0.383. The minimum Gasteiger partial charge on any atom is -0.247 e. The van der Waals surface area contributed by atoms with E-state index >= 15 is 0 Å². The molecule has 0 spiro atoms. The number of alkyl halides is 1. The summed E-state index contributed by atoms with van der Waals surface area (Å²) in [5, 5.41) is 4.20. The minimum atomic E-state index is 0.383. The fourth-order valence-electron chi connectivity index (χ4n) is 1.20. The van der Waals surface area contributed by atoms with Gasteiger partial charge < -0.3 is 0 Å². The first kappa shape index (κ1) is 12.8. The molecule has 0 amide bonds. The van der Waals surface area contributed by atoms with Crippen molar-refractivity contribution in [3.8, 4) is 0 Å². The molecule has 0 aliphatic heterocycles. The van der Waals surface area contributed by atoms with Gasteiger partial charge in [0.05, 0.1) is 5.75 Å². The lowest BCUT2D eigenvalue weighted by atomic mass is 10.3. The zero-order valence-electron chi connectivity index (χ0n) is 9.48. The van der Waals surface area contributed by atoms with Gasteiger partial charge in [-0.25, -0.2) is 9.67 Å². The Kier molecular flexibility index (Phi) is 5.47. The van der Waals surface area contributed by atoms with Crippen LogP contribution in [0.1, 0.15) is 32.6 Å². The Balaban J connectivity index is 2.40. The van der Waals surface area contributed by atoms with E-state index in [1.807, 2.05) is 16.4 Å². The lowest BCUT2D eigenvalue weighted by Crippen LogP contribution is -2.08. The molecule has 1 heterocycles. The summed E-state index contributed by atoms with van der Waals surface area (Å²) in [5.41, 5.74) is 0. The van der Waals surface area contributed by atoms with Gasteiger partial charge in [-0.15, -0.1) is 11.6 Å². The van der Waals surface area contributed by atoms with Crippen LogP contribution in [0.5, 0.6) is 0 Å². The van der Waals surface area contributed by atoms with Gasteiger partial charge in [0.1, 0.15) is 12.2 Å². The molecule has 0 aliphatic rings. The Hall–Kier alpha value is -0.220. The molecular formula is C10H18ClN3S. The van der Waals surface area contributed by atoms with Crippen molar-refractivity contribution >= 4 is 23.4 Å². The second kappa shape index (κ2) is 6.38. The minimum absolute atomic E-state index is 0.383. The average molecular weight is 248 g/mol. The van der Waals surface area contributed by atoms with E-state index in [2.05, 4.69) is 30.9 Å². The van der Waals surface area contributed by atoms with Gasteiger partial charge in [0.2, 0.25) is 0 Å². The highest BCUT2D eigenvalue weighted by Crippen LogP contribution is 2.16. The molecule has 1 atom stereocenters. The highest BCUT2D eigenvalue weighted by Gasteiger charge is 2.08. The number of nitrogens with zero attached hydrogens (tertiary/aromatic N) is 3. The van der Waals surface area contributed by atoms with Crippen molar-refractivity contribution in [2.75, 3.05) is 11.6 Å². The van der Waals surface area contributed by atoms with E-state index in [0.717, 1.165) is 23.2 Å². The molecule has 1 rings (SSSR count). The summed E-state index contributed by atoms with van der Waals surface area (Å²) in [4.78, 5) is 4.26. The second-order valence-electron chi connectivity index (χ2n) is 3.99. The maximum Gasteiger partial charge on any atom is 0.138 e. The first-order valence-electron chi connectivity index (χ1n) is 5.17. The molecule has 86 valence electrons. The van der Waals surface area contributed by atoms with Crippen LogP contribution in [0.2, 0.25) is 0 Å². The third-order valence-corrected chi connectivity index (χ3v) is 3.83. The van der Waals surface area contributed by atoms with Gasteiger partial charge in [-0.1, -0.05) is 6.92 Å². The number of hydrogen-bond donors (Lipinski definition) is 0. The maximum absolute atomic E-state index is 5.75. The van der Waals surface area contributed by atoms with E-state index < -0.39 is 0 Å². The Labute approximate surface area is 101 Å². The van der Waals surface area contributed by atoms with Crippen LogP contribution < -0.4 is 0 Å². The molecule has 15 heavy (non-hydrogen) atoms. The highest BCUT2D eigenvalue weighted by atomic mass is 35.5. The highest BCUT2D eigenvalue weighted by molar-refractivity contribution is 7.98. The maximum atomic E-state index is 5.75. The van der Waals surface area contributed by atoms with Crippen molar-refractivity contribution < 1.29 is 0 Å². The summed E-state index contributed by atoms with van der Waals surface area (Å²) in [7, 11) is 0. The normalized spacial score (nSPS) is 13.4. The van der Waals surface area contributed by atoms with Crippen LogP contribution in [0.4, 0.5) is 0 Å². The number of rotatable bonds is 6. The third kappa shape index (κ3) is 4.03. The summed E-state index contributed by atoms with van der Waals surface area (Å²) in [6.07, 6.45) is 1.63. The lowest BCUT2D eigenvalue weighted by Gasteiger charge is -2.10. The number of hydrogen-bond acceptors (Lipinski definition) is 3. The predicted octanol–water partition coefficient (Wildman–Crippen LogP) is 2.97. The topological polar surface area (TPSA) is 30.7 Å². The molecule has 1 unspecified atom stereocenters. The van der Waals surface area contributed by atoms with Crippen LogP contribution >= 0.6 is 23.4 Å². The van der Waals surface area contributed by atoms with Crippen molar-refractivity contribution in [3.63, 3.8) is 0 Å². The van der Waals surface area contributed by atoms with Gasteiger partial charge in [-0.3, -0.25) is 0 Å². The van der Waals surface area contributed by atoms with Crippen LogP contribution in [0, 0.1) is 5.92 Å². The standard InChI is InChI=1S/C10H18ClN3S/c1-8(2)14-10(12-7-13-14)6-15-5-9(3)4-11/h7-9H,4-6H2,1-3H3. The Morgan fingerprint density at radius 2 is 2.20 bits per heavy atom. The first-order chi connectivity index (χ1) is 7.15. The van der Waals surface area contributed by atoms with Crippen molar-refractivity contribution in [2.45, 2.75) is 32.6 Å². The zero-order valence-corrected chi connectivity index (χ0v) is 11.1. The smallest absolute Gasteiger partial charge is 0.138 e. The summed E-state index contributed by atoms with van der Waals surface area (Å²) < 4.78 is 1.97. The van der Waals surface area contributed by atoms with Gasteiger partial charge in [-0.2, -0.15) is 16.9 Å². The van der Waals surface area contributed by atoms with Crippen LogP contribution in [0.25, 0.3) is 0 Å². The quantitative estimate of drug-likeness (QED) is 0.725. The largest absolute Gasteiger partial charge is 0.247 e. The summed E-state index contributed by atoms with van der Waals surface area (Å²) in [6.45, 7) is 6.39. The second-order valence-corrected chi connectivity index (χ2v) is 5.33. The Morgan fingerprint density at radius 3 is 2.80 bits per heavy atom. The molecule has 5 heteroatoms. The van der Waals surface area contributed by atoms with Gasteiger partial charge in [-0.05, 0) is 25.5 Å². The molecule has 0 N–H and O–H groups in total. The summed E-state index contributed by atoms with van der Waals surface area (Å²) >= 11 is 7.62. The molecular weight excluding hydrogens is 230 g/mol. The fraction of sp³-hybridized carbons (Fsp3) is 0.800. The SMILES string of the molecule is CC(CCl)CSCc1ncnn1C(C)C. The third-order valence-electron chi connectivity index (χ3n) is 2.03. The van der Waals surface area contributed by atoms with Crippen LogP contribution in [0.3, 0.4) is 0 Å². The molecule has 1 aromatic rings. The van der Waals surface area contributed by atoms with E-state index in [4.69, 9.17) is 11.6 Å². The van der Waals surface area contributed by atoms with Crippen LogP contribution in [-0.4, -0.2) is 26.4 Å². The van der Waals surface area contributed by atoms with Crippen LogP contribution in [-0.2, 0) is 5.75 Å². The number of halogens is 1. The molecule has 3 nitrogen and oxygen atoms in total. The van der Waals surface area contributed by atoms with Crippen molar-refractivity contribution in [3.05, 3.63) is 12.2 Å². The molecule has 1 aromatic heterocycles. The fourth-order valence-corrected chi connectivity index (χ4v) is 2.47. The van der Waals surface area contributed by atoms with Crippen molar-refractivity contribution in [2.24, 2.45) is 5.92 Å². The van der Waals surface area contributed by atoms with Gasteiger partial charge in [0, 0.05) is 11.9 Å². The van der Waals surface area contributed by atoms with E-state index in [1.165, 1.54) is 0 Å². The predicted molar refractivity (Wildman–Crippen MR) is 66.5 cm³/mol. The number of aromatic nitrogens is 3. The van der Waals surface area contributed by atoms with Crippen LogP contribution in [0.15, 0.2) is 6.33 Å².